The Bertz CT molecular complexity index is 545. The number of nitrogens with one attached hydrogen (secondary N) is 1. The van der Waals surface area contributed by atoms with Gasteiger partial charge in [-0.2, -0.15) is 0 Å². The smallest absolute Gasteiger partial charge is 0.255 e. The van der Waals surface area contributed by atoms with Crippen LogP contribution in [0.15, 0.2) is 12.1 Å². The number of carbonyl (C=O) groups is 2. The average Bonchev–Trinajstić information content (AvgIpc) is 2.47. The van der Waals surface area contributed by atoms with E-state index in [9.17, 15) is 9.59 Å². The minimum atomic E-state index is -0.595. The van der Waals surface area contributed by atoms with Crippen molar-refractivity contribution in [2.24, 2.45) is 0 Å². The van der Waals surface area contributed by atoms with E-state index in [1.54, 1.807) is 11.8 Å². The van der Waals surface area contributed by atoms with Gasteiger partial charge in [-0.15, -0.1) is 0 Å². The molecule has 1 saturated heterocycles. The highest BCUT2D eigenvalue weighted by atomic mass is 35.5. The van der Waals surface area contributed by atoms with Crippen LogP contribution in [-0.2, 0) is 4.79 Å². The highest BCUT2D eigenvalue weighted by Gasteiger charge is 2.24. The second-order valence-corrected chi connectivity index (χ2v) is 5.80. The summed E-state index contributed by atoms with van der Waals surface area (Å²) in [5, 5.41) is 2.90. The zero-order valence-electron chi connectivity index (χ0n) is 11.7. The van der Waals surface area contributed by atoms with Gasteiger partial charge in [-0.1, -0.05) is 23.2 Å². The lowest BCUT2D eigenvalue weighted by molar-refractivity contribution is -0.133. The van der Waals surface area contributed by atoms with Crippen LogP contribution in [0.1, 0.15) is 36.5 Å². The molecular weight excluding hydrogens is 313 g/mol. The number of aromatic nitrogens is 1. The van der Waals surface area contributed by atoms with Gasteiger partial charge in [0, 0.05) is 13.1 Å². The molecule has 2 rings (SSSR count). The SMILES string of the molecule is CC(NC(=O)c1ccc(Cl)nc1Cl)C(=O)N1CCCCC1. The first-order valence-electron chi connectivity index (χ1n) is 6.90. The highest BCUT2D eigenvalue weighted by molar-refractivity contribution is 6.34. The molecule has 0 spiro atoms. The van der Waals surface area contributed by atoms with Gasteiger partial charge >= 0.3 is 0 Å². The first-order valence-corrected chi connectivity index (χ1v) is 7.66. The molecule has 1 aromatic rings. The molecule has 2 amide bonds. The zero-order chi connectivity index (χ0) is 15.4. The molecule has 5 nitrogen and oxygen atoms in total. The second-order valence-electron chi connectivity index (χ2n) is 5.05. The van der Waals surface area contributed by atoms with Gasteiger partial charge in [0.25, 0.3) is 5.91 Å². The van der Waals surface area contributed by atoms with E-state index in [0.717, 1.165) is 32.4 Å². The minimum Gasteiger partial charge on any atom is -0.341 e. The third kappa shape index (κ3) is 4.08. The first-order chi connectivity index (χ1) is 9.99. The predicted molar refractivity (Wildman–Crippen MR) is 81.6 cm³/mol. The Morgan fingerprint density at radius 1 is 1.24 bits per heavy atom. The number of hydrogen-bond acceptors (Lipinski definition) is 3. The van der Waals surface area contributed by atoms with Crippen molar-refractivity contribution in [2.45, 2.75) is 32.2 Å². The predicted octanol–water partition coefficient (Wildman–Crippen LogP) is 2.52. The van der Waals surface area contributed by atoms with E-state index >= 15 is 0 Å². The van der Waals surface area contributed by atoms with Crippen molar-refractivity contribution in [1.82, 2.24) is 15.2 Å². The van der Waals surface area contributed by atoms with Gasteiger partial charge < -0.3 is 10.2 Å². The Balaban J connectivity index is 1.99. The van der Waals surface area contributed by atoms with Crippen LogP contribution in [-0.4, -0.2) is 40.8 Å². The molecule has 0 saturated carbocycles. The molecular formula is C14H17Cl2N3O2. The molecule has 21 heavy (non-hydrogen) atoms. The topological polar surface area (TPSA) is 62.3 Å². The fourth-order valence-corrected chi connectivity index (χ4v) is 2.74. The van der Waals surface area contributed by atoms with Crippen LogP contribution in [0.4, 0.5) is 0 Å². The fourth-order valence-electron chi connectivity index (χ4n) is 2.31. The Morgan fingerprint density at radius 3 is 2.52 bits per heavy atom. The summed E-state index contributed by atoms with van der Waals surface area (Å²) in [6.45, 7) is 3.18. The van der Waals surface area contributed by atoms with Gasteiger partial charge in [-0.25, -0.2) is 4.98 Å². The van der Waals surface area contributed by atoms with E-state index < -0.39 is 11.9 Å². The van der Waals surface area contributed by atoms with Crippen LogP contribution < -0.4 is 5.32 Å². The van der Waals surface area contributed by atoms with Crippen molar-refractivity contribution >= 4 is 35.0 Å². The normalized spacial score (nSPS) is 16.4. The van der Waals surface area contributed by atoms with Crippen molar-refractivity contribution < 1.29 is 9.59 Å². The lowest BCUT2D eigenvalue weighted by Crippen LogP contribution is -2.48. The summed E-state index contributed by atoms with van der Waals surface area (Å²) in [5.41, 5.74) is 0.208. The summed E-state index contributed by atoms with van der Waals surface area (Å²) in [6.07, 6.45) is 3.18. The Kier molecular flexibility index (Phi) is 5.42. The molecule has 1 atom stereocenters. The number of hydrogen-bond donors (Lipinski definition) is 1. The summed E-state index contributed by atoms with van der Waals surface area (Å²) in [5.74, 6) is -0.497. The van der Waals surface area contributed by atoms with Crippen LogP contribution in [0.25, 0.3) is 0 Å². The van der Waals surface area contributed by atoms with Crippen LogP contribution in [0.3, 0.4) is 0 Å². The monoisotopic (exact) mass is 329 g/mol. The molecule has 1 aliphatic heterocycles. The number of halogens is 2. The third-order valence-corrected chi connectivity index (χ3v) is 3.94. The molecule has 1 fully saturated rings. The van der Waals surface area contributed by atoms with Gasteiger partial charge in [0.1, 0.15) is 16.3 Å². The van der Waals surface area contributed by atoms with Gasteiger partial charge in [0.2, 0.25) is 5.91 Å². The van der Waals surface area contributed by atoms with E-state index in [1.165, 1.54) is 12.1 Å². The number of carbonyl (C=O) groups excluding carboxylic acids is 2. The molecule has 7 heteroatoms. The maximum atomic E-state index is 12.2. The standard InChI is InChI=1S/C14H17Cl2N3O2/c1-9(14(21)19-7-3-2-4-8-19)17-13(20)10-5-6-11(15)18-12(10)16/h5-6,9H,2-4,7-8H2,1H3,(H,17,20). The van der Waals surface area contributed by atoms with Crippen molar-refractivity contribution in [3.8, 4) is 0 Å². The van der Waals surface area contributed by atoms with Crippen LogP contribution in [0.2, 0.25) is 10.3 Å². The minimum absolute atomic E-state index is 0.0256. The van der Waals surface area contributed by atoms with Gasteiger partial charge in [-0.05, 0) is 38.3 Å². The Morgan fingerprint density at radius 2 is 1.90 bits per heavy atom. The highest BCUT2D eigenvalue weighted by Crippen LogP contribution is 2.17. The zero-order valence-corrected chi connectivity index (χ0v) is 13.2. The average molecular weight is 330 g/mol. The number of pyridine rings is 1. The maximum Gasteiger partial charge on any atom is 0.255 e. The summed E-state index contributed by atoms with van der Waals surface area (Å²) in [4.78, 5) is 30.0. The first kappa shape index (κ1) is 16.0. The van der Waals surface area contributed by atoms with E-state index in [4.69, 9.17) is 23.2 Å². The van der Waals surface area contributed by atoms with Crippen molar-refractivity contribution in [3.63, 3.8) is 0 Å². The molecule has 2 heterocycles. The number of rotatable bonds is 3. The molecule has 1 unspecified atom stereocenters. The summed E-state index contributed by atoms with van der Waals surface area (Å²) >= 11 is 11.6. The molecule has 0 aliphatic carbocycles. The summed E-state index contributed by atoms with van der Waals surface area (Å²) < 4.78 is 0. The molecule has 0 aromatic carbocycles. The number of likely N-dealkylation sites (tertiary alicyclic amines) is 1. The van der Waals surface area contributed by atoms with Crippen LogP contribution >= 0.6 is 23.2 Å². The van der Waals surface area contributed by atoms with E-state index in [-0.39, 0.29) is 21.8 Å². The Labute approximate surface area is 133 Å². The lowest BCUT2D eigenvalue weighted by Gasteiger charge is -2.29. The van der Waals surface area contributed by atoms with Gasteiger partial charge in [-0.3, -0.25) is 9.59 Å². The molecule has 1 N–H and O–H groups in total. The largest absolute Gasteiger partial charge is 0.341 e. The van der Waals surface area contributed by atoms with E-state index in [1.807, 2.05) is 0 Å². The summed E-state index contributed by atoms with van der Waals surface area (Å²) in [6, 6.07) is 2.38. The Hall–Kier alpha value is -1.33. The fraction of sp³-hybridized carbons (Fsp3) is 0.500. The van der Waals surface area contributed by atoms with E-state index in [0.29, 0.717) is 0 Å². The van der Waals surface area contributed by atoms with E-state index in [2.05, 4.69) is 10.3 Å². The molecule has 1 aromatic heterocycles. The van der Waals surface area contributed by atoms with Crippen LogP contribution in [0.5, 0.6) is 0 Å². The van der Waals surface area contributed by atoms with Gasteiger partial charge in [0.05, 0.1) is 5.56 Å². The maximum absolute atomic E-state index is 12.2. The second kappa shape index (κ2) is 7.09. The van der Waals surface area contributed by atoms with Crippen LogP contribution in [0, 0.1) is 0 Å². The van der Waals surface area contributed by atoms with Crippen molar-refractivity contribution in [1.29, 1.82) is 0 Å². The lowest BCUT2D eigenvalue weighted by atomic mass is 10.1. The number of amides is 2. The molecule has 114 valence electrons. The molecule has 0 radical (unpaired) electrons. The molecule has 0 bridgehead atoms. The number of piperidine rings is 1. The quantitative estimate of drug-likeness (QED) is 0.866. The molecule has 1 aliphatic rings. The number of nitrogens with zero attached hydrogens (tertiary/aromatic N) is 2. The van der Waals surface area contributed by atoms with Crippen molar-refractivity contribution in [3.05, 3.63) is 28.0 Å². The third-order valence-electron chi connectivity index (χ3n) is 3.45. The summed E-state index contributed by atoms with van der Waals surface area (Å²) in [7, 11) is 0. The van der Waals surface area contributed by atoms with Crippen molar-refractivity contribution in [2.75, 3.05) is 13.1 Å². The van der Waals surface area contributed by atoms with Gasteiger partial charge in [0.15, 0.2) is 0 Å².